The molecule has 3 rings (SSSR count). The summed E-state index contributed by atoms with van der Waals surface area (Å²) in [6.07, 6.45) is 0. The van der Waals surface area contributed by atoms with Crippen LogP contribution >= 0.6 is 11.6 Å². The van der Waals surface area contributed by atoms with Gasteiger partial charge in [0.25, 0.3) is 0 Å². The smallest absolute Gasteiger partial charge is 0.225 e. The average molecular weight is 293 g/mol. The van der Waals surface area contributed by atoms with Gasteiger partial charge in [-0.05, 0) is 11.6 Å². The van der Waals surface area contributed by atoms with Gasteiger partial charge < -0.3 is 4.90 Å². The van der Waals surface area contributed by atoms with Gasteiger partial charge in [-0.25, -0.2) is 0 Å². The van der Waals surface area contributed by atoms with Crippen LogP contribution in [-0.2, 0) is 11.3 Å². The predicted octanol–water partition coefficient (Wildman–Crippen LogP) is 2.64. The molecule has 1 amide bonds. The van der Waals surface area contributed by atoms with E-state index in [0.717, 1.165) is 31.2 Å². The van der Waals surface area contributed by atoms with Crippen molar-refractivity contribution in [2.45, 2.75) is 26.4 Å². The molecule has 2 aliphatic rings. The molecule has 0 radical (unpaired) electrons. The summed E-state index contributed by atoms with van der Waals surface area (Å²) in [5.41, 5.74) is 1.18. The third-order valence-corrected chi connectivity index (χ3v) is 4.85. The van der Waals surface area contributed by atoms with E-state index in [0.29, 0.717) is 12.0 Å². The number of likely N-dealkylation sites (tertiary alicyclic amines) is 2. The van der Waals surface area contributed by atoms with Gasteiger partial charge in [-0.3, -0.25) is 9.69 Å². The third-order valence-electron chi connectivity index (χ3n) is 4.48. The molecule has 0 saturated carbocycles. The highest BCUT2D eigenvalue weighted by molar-refractivity contribution is 6.31. The number of amides is 1. The highest BCUT2D eigenvalue weighted by atomic mass is 35.5. The molecule has 20 heavy (non-hydrogen) atoms. The Balaban J connectivity index is 1.61. The van der Waals surface area contributed by atoms with Gasteiger partial charge in [-0.15, -0.1) is 0 Å². The fourth-order valence-corrected chi connectivity index (χ4v) is 3.51. The predicted molar refractivity (Wildman–Crippen MR) is 80.6 cm³/mol. The molecule has 2 heterocycles. The van der Waals surface area contributed by atoms with E-state index in [9.17, 15) is 4.79 Å². The number of hydrogen-bond acceptors (Lipinski definition) is 2. The Labute approximate surface area is 125 Å². The van der Waals surface area contributed by atoms with E-state index in [4.69, 9.17) is 11.6 Å². The zero-order valence-corrected chi connectivity index (χ0v) is 12.8. The highest BCUT2D eigenvalue weighted by Gasteiger charge is 2.46. The van der Waals surface area contributed by atoms with Gasteiger partial charge in [0, 0.05) is 49.1 Å². The van der Waals surface area contributed by atoms with Crippen LogP contribution in [0.4, 0.5) is 0 Å². The number of benzene rings is 1. The number of nitrogens with zero attached hydrogens (tertiary/aromatic N) is 2. The van der Waals surface area contributed by atoms with Crippen molar-refractivity contribution in [2.75, 3.05) is 19.6 Å². The Kier molecular flexibility index (Phi) is 3.74. The Morgan fingerprint density at radius 3 is 2.75 bits per heavy atom. The fraction of sp³-hybridized carbons (Fsp3) is 0.562. The Hall–Kier alpha value is -1.06. The van der Waals surface area contributed by atoms with Crippen molar-refractivity contribution in [2.24, 2.45) is 11.8 Å². The van der Waals surface area contributed by atoms with Gasteiger partial charge in [0.15, 0.2) is 0 Å². The fourth-order valence-electron chi connectivity index (χ4n) is 3.32. The first-order valence-electron chi connectivity index (χ1n) is 7.32. The summed E-state index contributed by atoms with van der Waals surface area (Å²) in [5.74, 6) is 1.04. The monoisotopic (exact) mass is 292 g/mol. The minimum atomic E-state index is 0.101. The van der Waals surface area contributed by atoms with E-state index in [2.05, 4.69) is 11.0 Å². The number of hydrogen-bond donors (Lipinski definition) is 0. The van der Waals surface area contributed by atoms with E-state index < -0.39 is 0 Å². The second-order valence-corrected chi connectivity index (χ2v) is 6.65. The number of carbonyl (C=O) groups is 1. The van der Waals surface area contributed by atoms with Crippen molar-refractivity contribution in [3.63, 3.8) is 0 Å². The first kappa shape index (κ1) is 13.9. The Morgan fingerprint density at radius 1 is 1.30 bits per heavy atom. The largest absolute Gasteiger partial charge is 0.341 e. The Bertz CT molecular complexity index is 517. The number of rotatable bonds is 3. The van der Waals surface area contributed by atoms with Crippen molar-refractivity contribution < 1.29 is 4.79 Å². The van der Waals surface area contributed by atoms with Crippen LogP contribution in [0.5, 0.6) is 0 Å². The molecule has 4 heteroatoms. The summed E-state index contributed by atoms with van der Waals surface area (Å²) in [4.78, 5) is 16.5. The van der Waals surface area contributed by atoms with Crippen LogP contribution in [0.1, 0.15) is 19.4 Å². The molecule has 108 valence electrons. The molecule has 2 atom stereocenters. The second kappa shape index (κ2) is 5.38. The van der Waals surface area contributed by atoms with Gasteiger partial charge in [-0.2, -0.15) is 0 Å². The highest BCUT2D eigenvalue weighted by Crippen LogP contribution is 2.34. The summed E-state index contributed by atoms with van der Waals surface area (Å²) in [7, 11) is 0. The summed E-state index contributed by atoms with van der Waals surface area (Å²) in [6.45, 7) is 7.74. The standard InChI is InChI=1S/C16H21ClN2O/c1-11(2)16(20)19-9-13-8-18(15(13)10-19)7-12-5-3-4-6-14(12)17/h3-6,11,13,15H,7-10H2,1-2H3/t13-,15-/m0/s1. The summed E-state index contributed by atoms with van der Waals surface area (Å²) < 4.78 is 0. The van der Waals surface area contributed by atoms with Crippen LogP contribution < -0.4 is 0 Å². The summed E-state index contributed by atoms with van der Waals surface area (Å²) >= 11 is 6.22. The molecule has 0 unspecified atom stereocenters. The minimum absolute atomic E-state index is 0.101. The molecule has 2 fully saturated rings. The van der Waals surface area contributed by atoms with E-state index in [1.54, 1.807) is 0 Å². The maximum atomic E-state index is 12.1. The van der Waals surface area contributed by atoms with Gasteiger partial charge in [-0.1, -0.05) is 43.6 Å². The number of fused-ring (bicyclic) bond motifs is 1. The lowest BCUT2D eigenvalue weighted by Gasteiger charge is -2.43. The Morgan fingerprint density at radius 2 is 2.05 bits per heavy atom. The molecule has 0 bridgehead atoms. The molecule has 2 saturated heterocycles. The van der Waals surface area contributed by atoms with Crippen molar-refractivity contribution in [1.82, 2.24) is 9.80 Å². The molecular weight excluding hydrogens is 272 g/mol. The van der Waals surface area contributed by atoms with Crippen molar-refractivity contribution >= 4 is 17.5 Å². The number of halogens is 1. The van der Waals surface area contributed by atoms with Crippen molar-refractivity contribution in [1.29, 1.82) is 0 Å². The topological polar surface area (TPSA) is 23.6 Å². The third kappa shape index (κ3) is 2.45. The van der Waals surface area contributed by atoms with Crippen LogP contribution in [0.3, 0.4) is 0 Å². The van der Waals surface area contributed by atoms with Crippen molar-refractivity contribution in [3.05, 3.63) is 34.9 Å². The SMILES string of the molecule is CC(C)C(=O)N1C[C@@H]2CN(Cc3ccccc3Cl)[C@H]2C1. The van der Waals surface area contributed by atoms with E-state index >= 15 is 0 Å². The van der Waals surface area contributed by atoms with Crippen molar-refractivity contribution in [3.8, 4) is 0 Å². The van der Waals surface area contributed by atoms with E-state index in [1.807, 2.05) is 36.9 Å². The molecule has 3 nitrogen and oxygen atoms in total. The van der Waals surface area contributed by atoms with Gasteiger partial charge in [0.2, 0.25) is 5.91 Å². The first-order chi connectivity index (χ1) is 9.56. The number of carbonyl (C=O) groups excluding carboxylic acids is 1. The molecule has 0 aromatic heterocycles. The van der Waals surface area contributed by atoms with E-state index in [-0.39, 0.29) is 11.8 Å². The molecule has 1 aromatic rings. The zero-order chi connectivity index (χ0) is 14.3. The van der Waals surface area contributed by atoms with Crippen LogP contribution in [0.25, 0.3) is 0 Å². The molecule has 0 N–H and O–H groups in total. The summed E-state index contributed by atoms with van der Waals surface area (Å²) in [6, 6.07) is 8.54. The van der Waals surface area contributed by atoms with Crippen LogP contribution in [-0.4, -0.2) is 41.4 Å². The first-order valence-corrected chi connectivity index (χ1v) is 7.70. The maximum absolute atomic E-state index is 12.1. The molecule has 2 aliphatic heterocycles. The van der Waals surface area contributed by atoms with Crippen LogP contribution in [0.2, 0.25) is 5.02 Å². The second-order valence-electron chi connectivity index (χ2n) is 6.25. The zero-order valence-electron chi connectivity index (χ0n) is 12.1. The van der Waals surface area contributed by atoms with Crippen LogP contribution in [0.15, 0.2) is 24.3 Å². The minimum Gasteiger partial charge on any atom is -0.341 e. The lowest BCUT2D eigenvalue weighted by atomic mass is 9.91. The van der Waals surface area contributed by atoms with E-state index in [1.165, 1.54) is 5.56 Å². The summed E-state index contributed by atoms with van der Waals surface area (Å²) in [5, 5.41) is 0.837. The maximum Gasteiger partial charge on any atom is 0.225 e. The van der Waals surface area contributed by atoms with Gasteiger partial charge >= 0.3 is 0 Å². The average Bonchev–Trinajstić information content (AvgIpc) is 2.74. The molecule has 0 spiro atoms. The molecular formula is C16H21ClN2O. The quantitative estimate of drug-likeness (QED) is 0.855. The lowest BCUT2D eigenvalue weighted by Crippen LogP contribution is -2.54. The molecule has 0 aliphatic carbocycles. The van der Waals surface area contributed by atoms with Crippen LogP contribution in [0, 0.1) is 11.8 Å². The van der Waals surface area contributed by atoms with Gasteiger partial charge in [0.1, 0.15) is 0 Å². The lowest BCUT2D eigenvalue weighted by molar-refractivity contribution is -0.133. The molecule has 1 aromatic carbocycles. The normalized spacial score (nSPS) is 25.7. The van der Waals surface area contributed by atoms with Gasteiger partial charge in [0.05, 0.1) is 0 Å².